The molecule has 4 nitrogen and oxygen atoms in total. The van der Waals surface area contributed by atoms with Crippen molar-refractivity contribution in [1.29, 1.82) is 0 Å². The van der Waals surface area contributed by atoms with Gasteiger partial charge >= 0.3 is 0 Å². The summed E-state index contributed by atoms with van der Waals surface area (Å²) in [4.78, 5) is 25.1. The number of likely N-dealkylation sites (tertiary alicyclic amines) is 1. The molecule has 19 heavy (non-hydrogen) atoms. The van der Waals surface area contributed by atoms with Crippen molar-refractivity contribution < 1.29 is 9.59 Å². The van der Waals surface area contributed by atoms with Crippen LogP contribution in [0.5, 0.6) is 0 Å². The number of hydrogen-bond acceptors (Lipinski definition) is 2. The normalized spacial score (nSPS) is 18.1. The largest absolute Gasteiger partial charge is 0.352 e. The molecule has 100 valence electrons. The van der Waals surface area contributed by atoms with Crippen LogP contribution in [0.15, 0.2) is 43.0 Å². The van der Waals surface area contributed by atoms with E-state index in [0.717, 1.165) is 12.0 Å². The summed E-state index contributed by atoms with van der Waals surface area (Å²) in [5.41, 5.74) is 1.08. The van der Waals surface area contributed by atoms with Crippen molar-refractivity contribution in [1.82, 2.24) is 10.2 Å². The van der Waals surface area contributed by atoms with Crippen LogP contribution in [0.4, 0.5) is 0 Å². The van der Waals surface area contributed by atoms with Crippen LogP contribution in [0.2, 0.25) is 0 Å². The van der Waals surface area contributed by atoms with Gasteiger partial charge in [0, 0.05) is 19.6 Å². The molecule has 1 saturated heterocycles. The van der Waals surface area contributed by atoms with E-state index in [-0.39, 0.29) is 17.7 Å². The molecular weight excluding hydrogens is 240 g/mol. The topological polar surface area (TPSA) is 49.4 Å². The van der Waals surface area contributed by atoms with Gasteiger partial charge in [-0.3, -0.25) is 9.59 Å². The van der Waals surface area contributed by atoms with Gasteiger partial charge in [-0.15, -0.1) is 0 Å². The summed E-state index contributed by atoms with van der Waals surface area (Å²) in [5.74, 6) is -0.186. The predicted octanol–water partition coefficient (Wildman–Crippen LogP) is 1.34. The summed E-state index contributed by atoms with van der Waals surface area (Å²) in [6, 6.07) is 9.79. The third-order valence-corrected chi connectivity index (χ3v) is 3.35. The molecule has 0 bridgehead atoms. The molecule has 2 rings (SSSR count). The summed E-state index contributed by atoms with van der Waals surface area (Å²) >= 11 is 0. The zero-order valence-corrected chi connectivity index (χ0v) is 10.8. The highest BCUT2D eigenvalue weighted by Gasteiger charge is 2.29. The Hall–Kier alpha value is -2.10. The first-order valence-corrected chi connectivity index (χ1v) is 6.43. The van der Waals surface area contributed by atoms with Crippen molar-refractivity contribution in [2.24, 2.45) is 5.92 Å². The Morgan fingerprint density at radius 2 is 2.11 bits per heavy atom. The quantitative estimate of drug-likeness (QED) is 0.828. The maximum Gasteiger partial charge on any atom is 0.245 e. The highest BCUT2D eigenvalue weighted by atomic mass is 16.2. The van der Waals surface area contributed by atoms with Gasteiger partial charge < -0.3 is 10.2 Å². The molecule has 0 unspecified atom stereocenters. The molecule has 1 atom stereocenters. The van der Waals surface area contributed by atoms with Crippen molar-refractivity contribution in [2.75, 3.05) is 13.1 Å². The molecule has 0 aromatic heterocycles. The molecule has 1 aliphatic rings. The lowest BCUT2D eigenvalue weighted by Gasteiger charge is -2.14. The van der Waals surface area contributed by atoms with Crippen LogP contribution in [0.1, 0.15) is 12.0 Å². The second kappa shape index (κ2) is 6.18. The maximum absolute atomic E-state index is 12.0. The lowest BCUT2D eigenvalue weighted by molar-refractivity contribution is -0.126. The summed E-state index contributed by atoms with van der Waals surface area (Å²) in [6.45, 7) is 5.12. The van der Waals surface area contributed by atoms with E-state index in [0.29, 0.717) is 19.6 Å². The van der Waals surface area contributed by atoms with E-state index in [1.165, 1.54) is 6.08 Å². The molecule has 0 aliphatic carbocycles. The van der Waals surface area contributed by atoms with Crippen LogP contribution in [0.3, 0.4) is 0 Å². The summed E-state index contributed by atoms with van der Waals surface area (Å²) in [5, 5.41) is 2.92. The zero-order chi connectivity index (χ0) is 13.7. The lowest BCUT2D eigenvalue weighted by Crippen LogP contribution is -2.33. The number of amides is 2. The maximum atomic E-state index is 12.0. The minimum atomic E-state index is -0.104. The van der Waals surface area contributed by atoms with Crippen LogP contribution in [-0.2, 0) is 16.1 Å². The van der Waals surface area contributed by atoms with Crippen molar-refractivity contribution in [2.45, 2.75) is 13.0 Å². The highest BCUT2D eigenvalue weighted by molar-refractivity contribution is 5.88. The van der Waals surface area contributed by atoms with Crippen LogP contribution in [-0.4, -0.2) is 29.8 Å². The fourth-order valence-electron chi connectivity index (χ4n) is 2.23. The van der Waals surface area contributed by atoms with E-state index >= 15 is 0 Å². The van der Waals surface area contributed by atoms with Gasteiger partial charge in [0.2, 0.25) is 11.8 Å². The molecule has 1 aromatic carbocycles. The van der Waals surface area contributed by atoms with Gasteiger partial charge in [0.15, 0.2) is 0 Å². The molecule has 1 N–H and O–H groups in total. The van der Waals surface area contributed by atoms with Crippen molar-refractivity contribution >= 4 is 11.8 Å². The van der Waals surface area contributed by atoms with Crippen LogP contribution in [0.25, 0.3) is 0 Å². The molecule has 1 aromatic rings. The number of carbonyl (C=O) groups excluding carboxylic acids is 2. The van der Waals surface area contributed by atoms with Gasteiger partial charge in [0.05, 0.1) is 5.92 Å². The van der Waals surface area contributed by atoms with Crippen LogP contribution < -0.4 is 5.32 Å². The number of nitrogens with one attached hydrogen (secondary N) is 1. The molecule has 1 aliphatic heterocycles. The molecule has 1 fully saturated rings. The standard InChI is InChI=1S/C15H18N2O2/c1-2-14(18)17-9-8-13(11-17)15(19)16-10-12-6-4-3-5-7-12/h2-7,13H,1,8-11H2,(H,16,19)/t13-/m0/s1. The second-order valence-corrected chi connectivity index (χ2v) is 4.68. The minimum Gasteiger partial charge on any atom is -0.352 e. The van der Waals surface area contributed by atoms with Gasteiger partial charge in [0.25, 0.3) is 0 Å². The monoisotopic (exact) mass is 258 g/mol. The Kier molecular flexibility index (Phi) is 4.34. The van der Waals surface area contributed by atoms with E-state index in [1.54, 1.807) is 4.90 Å². The number of nitrogens with zero attached hydrogens (tertiary/aromatic N) is 1. The average molecular weight is 258 g/mol. The zero-order valence-electron chi connectivity index (χ0n) is 10.8. The third kappa shape index (κ3) is 3.44. The number of rotatable bonds is 4. The first-order chi connectivity index (χ1) is 9.20. The molecule has 0 radical (unpaired) electrons. The van der Waals surface area contributed by atoms with Gasteiger partial charge in [-0.05, 0) is 18.1 Å². The van der Waals surface area contributed by atoms with E-state index in [9.17, 15) is 9.59 Å². The Labute approximate surface area is 113 Å². The number of carbonyl (C=O) groups is 2. The Balaban J connectivity index is 1.82. The number of hydrogen-bond donors (Lipinski definition) is 1. The Bertz CT molecular complexity index is 470. The van der Waals surface area contributed by atoms with E-state index < -0.39 is 0 Å². The van der Waals surface area contributed by atoms with Gasteiger partial charge in [-0.25, -0.2) is 0 Å². The molecule has 4 heteroatoms. The smallest absolute Gasteiger partial charge is 0.245 e. The Morgan fingerprint density at radius 1 is 1.37 bits per heavy atom. The SMILES string of the molecule is C=CC(=O)N1CC[C@H](C(=O)NCc2ccccc2)C1. The highest BCUT2D eigenvalue weighted by Crippen LogP contribution is 2.16. The average Bonchev–Trinajstić information content (AvgIpc) is 2.95. The second-order valence-electron chi connectivity index (χ2n) is 4.68. The third-order valence-electron chi connectivity index (χ3n) is 3.35. The van der Waals surface area contributed by atoms with E-state index in [1.807, 2.05) is 30.3 Å². The summed E-state index contributed by atoms with van der Waals surface area (Å²) in [6.07, 6.45) is 2.02. The molecule has 1 heterocycles. The van der Waals surface area contributed by atoms with E-state index in [4.69, 9.17) is 0 Å². The summed E-state index contributed by atoms with van der Waals surface area (Å²) < 4.78 is 0. The molecule has 0 saturated carbocycles. The lowest BCUT2D eigenvalue weighted by atomic mass is 10.1. The first-order valence-electron chi connectivity index (χ1n) is 6.43. The van der Waals surface area contributed by atoms with Crippen molar-refractivity contribution in [3.63, 3.8) is 0 Å². The van der Waals surface area contributed by atoms with Gasteiger partial charge in [-0.2, -0.15) is 0 Å². The number of benzene rings is 1. The minimum absolute atomic E-state index is 0.0169. The van der Waals surface area contributed by atoms with Gasteiger partial charge in [-0.1, -0.05) is 36.9 Å². The van der Waals surface area contributed by atoms with Crippen molar-refractivity contribution in [3.8, 4) is 0 Å². The van der Waals surface area contributed by atoms with Crippen LogP contribution >= 0.6 is 0 Å². The van der Waals surface area contributed by atoms with Crippen molar-refractivity contribution in [3.05, 3.63) is 48.6 Å². The fourth-order valence-corrected chi connectivity index (χ4v) is 2.23. The fraction of sp³-hybridized carbons (Fsp3) is 0.333. The molecule has 0 spiro atoms. The summed E-state index contributed by atoms with van der Waals surface area (Å²) in [7, 11) is 0. The molecule has 2 amide bonds. The molecular formula is C15H18N2O2. The van der Waals surface area contributed by atoms with E-state index in [2.05, 4.69) is 11.9 Å². The first kappa shape index (κ1) is 13.3. The predicted molar refractivity (Wildman–Crippen MR) is 73.2 cm³/mol. The van der Waals surface area contributed by atoms with Gasteiger partial charge in [0.1, 0.15) is 0 Å². The van der Waals surface area contributed by atoms with Crippen LogP contribution in [0, 0.1) is 5.92 Å². The Morgan fingerprint density at radius 3 is 2.79 bits per heavy atom.